The molecule has 200 valence electrons. The van der Waals surface area contributed by atoms with Gasteiger partial charge in [-0.25, -0.2) is 4.98 Å². The zero-order valence-corrected chi connectivity index (χ0v) is 22.8. The van der Waals surface area contributed by atoms with Gasteiger partial charge < -0.3 is 19.4 Å². The molecule has 7 heteroatoms. The number of methoxy groups -OCH3 is 1. The normalized spacial score (nSPS) is 11.0. The van der Waals surface area contributed by atoms with Gasteiger partial charge in [0.15, 0.2) is 0 Å². The molecular weight excluding hydrogens is 498 g/mol. The van der Waals surface area contributed by atoms with Gasteiger partial charge in [0.25, 0.3) is 0 Å². The Morgan fingerprint density at radius 2 is 1.66 bits per heavy atom. The fourth-order valence-electron chi connectivity index (χ4n) is 4.49. The Hall–Kier alpha value is -3.51. The Bertz CT molecular complexity index is 1300. The van der Waals surface area contributed by atoms with Gasteiger partial charge in [-0.05, 0) is 73.7 Å². The van der Waals surface area contributed by atoms with Gasteiger partial charge >= 0.3 is 0 Å². The largest absolute Gasteiger partial charge is 0.497 e. The van der Waals surface area contributed by atoms with Crippen LogP contribution in [0.15, 0.2) is 72.8 Å². The van der Waals surface area contributed by atoms with Crippen LogP contribution in [0.2, 0.25) is 5.02 Å². The van der Waals surface area contributed by atoms with E-state index in [2.05, 4.69) is 28.1 Å². The van der Waals surface area contributed by atoms with Gasteiger partial charge in [0.05, 0.1) is 31.2 Å². The molecule has 4 rings (SSSR count). The van der Waals surface area contributed by atoms with E-state index in [9.17, 15) is 4.79 Å². The van der Waals surface area contributed by atoms with Gasteiger partial charge in [0, 0.05) is 24.5 Å². The standard InChI is InChI=1S/C31H36ClN3O3/c1-37-25-16-18-26(19-17-25)38-22-10-9-21-35-29-14-7-6-13-28(29)34-30(35)15-3-2-8-20-33-31(36)23-24-11-4-5-12-27(24)32/h4-7,11-14,16-19H,2-3,8-10,15,20-23H2,1H3,(H,33,36). The van der Waals surface area contributed by atoms with Crippen LogP contribution in [0.1, 0.15) is 43.5 Å². The zero-order chi connectivity index (χ0) is 26.6. The van der Waals surface area contributed by atoms with Crippen LogP contribution in [0.4, 0.5) is 0 Å². The van der Waals surface area contributed by atoms with Crippen molar-refractivity contribution in [2.45, 2.75) is 51.5 Å². The lowest BCUT2D eigenvalue weighted by atomic mass is 10.1. The smallest absolute Gasteiger partial charge is 0.224 e. The van der Waals surface area contributed by atoms with Gasteiger partial charge in [0.2, 0.25) is 5.91 Å². The van der Waals surface area contributed by atoms with Crippen LogP contribution in [-0.4, -0.2) is 35.7 Å². The maximum Gasteiger partial charge on any atom is 0.224 e. The maximum atomic E-state index is 12.2. The number of rotatable bonds is 15. The number of aromatic nitrogens is 2. The van der Waals surface area contributed by atoms with Gasteiger partial charge in [-0.15, -0.1) is 0 Å². The second-order valence-electron chi connectivity index (χ2n) is 9.33. The van der Waals surface area contributed by atoms with Crippen molar-refractivity contribution < 1.29 is 14.3 Å². The third-order valence-electron chi connectivity index (χ3n) is 6.55. The number of hydrogen-bond donors (Lipinski definition) is 1. The second-order valence-corrected chi connectivity index (χ2v) is 9.74. The van der Waals surface area contributed by atoms with E-state index in [1.54, 1.807) is 7.11 Å². The minimum Gasteiger partial charge on any atom is -0.497 e. The number of fused-ring (bicyclic) bond motifs is 1. The quantitative estimate of drug-likeness (QED) is 0.174. The summed E-state index contributed by atoms with van der Waals surface area (Å²) in [5.74, 6) is 2.83. The average molecular weight is 534 g/mol. The van der Waals surface area contributed by atoms with Crippen molar-refractivity contribution in [2.75, 3.05) is 20.3 Å². The number of imidazole rings is 1. The van der Waals surface area contributed by atoms with E-state index in [-0.39, 0.29) is 5.91 Å². The lowest BCUT2D eigenvalue weighted by molar-refractivity contribution is -0.120. The number of carbonyl (C=O) groups is 1. The van der Waals surface area contributed by atoms with Gasteiger partial charge in [-0.1, -0.05) is 48.4 Å². The van der Waals surface area contributed by atoms with Crippen LogP contribution >= 0.6 is 11.6 Å². The van der Waals surface area contributed by atoms with Crippen LogP contribution in [0, 0.1) is 0 Å². The monoisotopic (exact) mass is 533 g/mol. The van der Waals surface area contributed by atoms with Gasteiger partial charge in [-0.3, -0.25) is 4.79 Å². The Balaban J connectivity index is 1.19. The molecule has 0 aliphatic heterocycles. The van der Waals surface area contributed by atoms with Crippen LogP contribution < -0.4 is 14.8 Å². The molecule has 0 bridgehead atoms. The van der Waals surface area contributed by atoms with Crippen molar-refractivity contribution in [3.63, 3.8) is 0 Å². The van der Waals surface area contributed by atoms with E-state index < -0.39 is 0 Å². The number of nitrogens with one attached hydrogen (secondary N) is 1. The third kappa shape index (κ3) is 7.99. The molecule has 0 saturated heterocycles. The first-order chi connectivity index (χ1) is 18.6. The minimum absolute atomic E-state index is 0.0101. The van der Waals surface area contributed by atoms with E-state index >= 15 is 0 Å². The first kappa shape index (κ1) is 27.5. The molecule has 1 aromatic heterocycles. The van der Waals surface area contributed by atoms with Crippen LogP contribution in [0.5, 0.6) is 11.5 Å². The highest BCUT2D eigenvalue weighted by Crippen LogP contribution is 2.20. The first-order valence-corrected chi connectivity index (χ1v) is 13.7. The summed E-state index contributed by atoms with van der Waals surface area (Å²) in [5.41, 5.74) is 3.09. The number of halogens is 1. The van der Waals surface area contributed by atoms with E-state index in [1.807, 2.05) is 54.6 Å². The summed E-state index contributed by atoms with van der Waals surface area (Å²) in [7, 11) is 1.66. The fraction of sp³-hybridized carbons (Fsp3) is 0.355. The number of ether oxygens (including phenoxy) is 2. The van der Waals surface area contributed by atoms with Crippen molar-refractivity contribution in [1.82, 2.24) is 14.9 Å². The highest BCUT2D eigenvalue weighted by Gasteiger charge is 2.10. The van der Waals surface area contributed by atoms with Crippen LogP contribution in [0.25, 0.3) is 11.0 Å². The highest BCUT2D eigenvalue weighted by atomic mass is 35.5. The molecule has 0 unspecified atom stereocenters. The Kier molecular flexibility index (Phi) is 10.5. The molecule has 4 aromatic rings. The minimum atomic E-state index is 0.0101. The summed E-state index contributed by atoms with van der Waals surface area (Å²) in [6.07, 6.45) is 6.22. The summed E-state index contributed by atoms with van der Waals surface area (Å²) in [5, 5.41) is 3.65. The molecule has 6 nitrogen and oxygen atoms in total. The molecule has 0 spiro atoms. The first-order valence-electron chi connectivity index (χ1n) is 13.3. The number of para-hydroxylation sites is 2. The number of benzene rings is 3. The number of aryl methyl sites for hydroxylation is 2. The van der Waals surface area contributed by atoms with E-state index in [4.69, 9.17) is 26.1 Å². The van der Waals surface area contributed by atoms with Crippen molar-refractivity contribution in [2.24, 2.45) is 0 Å². The summed E-state index contributed by atoms with van der Waals surface area (Å²) >= 11 is 6.16. The number of carbonyl (C=O) groups excluding carboxylic acids is 1. The third-order valence-corrected chi connectivity index (χ3v) is 6.91. The summed E-state index contributed by atoms with van der Waals surface area (Å²) < 4.78 is 13.4. The van der Waals surface area contributed by atoms with E-state index in [1.165, 1.54) is 5.52 Å². The van der Waals surface area contributed by atoms with Gasteiger partial charge in [-0.2, -0.15) is 0 Å². The molecule has 3 aromatic carbocycles. The van der Waals surface area contributed by atoms with Crippen LogP contribution in [-0.2, 0) is 24.2 Å². The zero-order valence-electron chi connectivity index (χ0n) is 22.0. The molecule has 1 amide bonds. The number of amides is 1. The number of nitrogens with zero attached hydrogens (tertiary/aromatic N) is 2. The lowest BCUT2D eigenvalue weighted by Crippen LogP contribution is -2.26. The molecule has 0 atom stereocenters. The summed E-state index contributed by atoms with van der Waals surface area (Å²) in [6.45, 7) is 2.27. The fourth-order valence-corrected chi connectivity index (χ4v) is 4.69. The molecule has 0 radical (unpaired) electrons. The van der Waals surface area contributed by atoms with Crippen molar-refractivity contribution >= 4 is 28.5 Å². The topological polar surface area (TPSA) is 65.4 Å². The average Bonchev–Trinajstić information content (AvgIpc) is 3.29. The summed E-state index contributed by atoms with van der Waals surface area (Å²) in [4.78, 5) is 17.1. The molecule has 1 heterocycles. The van der Waals surface area contributed by atoms with Crippen molar-refractivity contribution in [3.05, 3.63) is 89.2 Å². The molecule has 0 aliphatic rings. The molecule has 38 heavy (non-hydrogen) atoms. The Labute approximate surface area is 229 Å². The maximum absolute atomic E-state index is 12.2. The lowest BCUT2D eigenvalue weighted by Gasteiger charge is -2.11. The predicted molar refractivity (Wildman–Crippen MR) is 153 cm³/mol. The Morgan fingerprint density at radius 1 is 0.895 bits per heavy atom. The van der Waals surface area contributed by atoms with Crippen molar-refractivity contribution in [3.8, 4) is 11.5 Å². The summed E-state index contributed by atoms with van der Waals surface area (Å²) in [6, 6.07) is 23.5. The molecular formula is C31H36ClN3O3. The van der Waals surface area contributed by atoms with E-state index in [0.29, 0.717) is 24.6 Å². The number of unbranched alkanes of at least 4 members (excludes halogenated alkanes) is 3. The second kappa shape index (κ2) is 14.4. The predicted octanol–water partition coefficient (Wildman–Crippen LogP) is 6.63. The molecule has 0 fully saturated rings. The number of hydrogen-bond acceptors (Lipinski definition) is 4. The van der Waals surface area contributed by atoms with Gasteiger partial charge in [0.1, 0.15) is 17.3 Å². The molecule has 0 aliphatic carbocycles. The van der Waals surface area contributed by atoms with Crippen molar-refractivity contribution in [1.29, 1.82) is 0 Å². The Morgan fingerprint density at radius 3 is 2.47 bits per heavy atom. The molecule has 1 N–H and O–H groups in total. The molecule has 0 saturated carbocycles. The highest BCUT2D eigenvalue weighted by molar-refractivity contribution is 6.31. The van der Waals surface area contributed by atoms with E-state index in [0.717, 1.165) is 73.5 Å². The van der Waals surface area contributed by atoms with Crippen LogP contribution in [0.3, 0.4) is 0 Å². The SMILES string of the molecule is COc1ccc(OCCCCn2c(CCCCCNC(=O)Cc3ccccc3Cl)nc3ccccc32)cc1.